The van der Waals surface area contributed by atoms with Crippen molar-refractivity contribution in [3.05, 3.63) is 23.8 Å². The first-order chi connectivity index (χ1) is 6.65. The molecule has 0 heterocycles. The van der Waals surface area contributed by atoms with Crippen molar-refractivity contribution < 1.29 is 5.11 Å². The van der Waals surface area contributed by atoms with Gasteiger partial charge in [0.1, 0.15) is 5.75 Å². The van der Waals surface area contributed by atoms with Gasteiger partial charge in [-0.3, -0.25) is 0 Å². The molecule has 0 atom stereocenters. The Kier molecular flexibility index (Phi) is 3.81. The number of phenols is 1. The molecular weight excluding hydrogens is 174 g/mol. The fraction of sp³-hybridized carbons (Fsp3) is 0.500. The molecule has 0 aliphatic heterocycles. The van der Waals surface area contributed by atoms with Crippen molar-refractivity contribution in [2.45, 2.75) is 39.7 Å². The maximum absolute atomic E-state index is 9.70. The normalized spacial score (nSPS) is 10.6. The molecule has 2 nitrogen and oxygen atoms in total. The smallest absolute Gasteiger partial charge is 0.138 e. The minimum atomic E-state index is 0.346. The quantitative estimate of drug-likeness (QED) is 0.720. The fourth-order valence-corrected chi connectivity index (χ4v) is 1.52. The summed E-state index contributed by atoms with van der Waals surface area (Å²) in [6.45, 7) is 6.29. The van der Waals surface area contributed by atoms with Crippen LogP contribution in [0.2, 0.25) is 0 Å². The topological polar surface area (TPSA) is 32.3 Å². The highest BCUT2D eigenvalue weighted by atomic mass is 16.3. The lowest BCUT2D eigenvalue weighted by Gasteiger charge is -2.15. The Morgan fingerprint density at radius 1 is 1.36 bits per heavy atom. The number of anilines is 1. The molecule has 78 valence electrons. The maximum atomic E-state index is 9.70. The second kappa shape index (κ2) is 4.89. The number of hydrogen-bond acceptors (Lipinski definition) is 2. The van der Waals surface area contributed by atoms with Gasteiger partial charge in [-0.2, -0.15) is 0 Å². The van der Waals surface area contributed by atoms with E-state index in [0.717, 1.165) is 18.5 Å². The molecule has 1 rings (SSSR count). The van der Waals surface area contributed by atoms with E-state index in [1.165, 1.54) is 5.56 Å². The summed E-state index contributed by atoms with van der Waals surface area (Å²) < 4.78 is 0. The molecule has 1 aromatic rings. The lowest BCUT2D eigenvalue weighted by Crippen LogP contribution is -2.11. The average Bonchev–Trinajstić information content (AvgIpc) is 2.11. The number of aryl methyl sites for hydroxylation is 1. The number of aromatic hydroxyl groups is 1. The van der Waals surface area contributed by atoms with Gasteiger partial charge in [-0.05, 0) is 31.9 Å². The van der Waals surface area contributed by atoms with Crippen LogP contribution in [0.4, 0.5) is 5.69 Å². The largest absolute Gasteiger partial charge is 0.506 e. The van der Waals surface area contributed by atoms with Crippen molar-refractivity contribution in [1.82, 2.24) is 0 Å². The molecule has 0 bridgehead atoms. The van der Waals surface area contributed by atoms with E-state index < -0.39 is 0 Å². The van der Waals surface area contributed by atoms with Gasteiger partial charge in [0.2, 0.25) is 0 Å². The van der Waals surface area contributed by atoms with E-state index in [4.69, 9.17) is 0 Å². The molecule has 0 aliphatic carbocycles. The molecular formula is C12H19NO. The van der Waals surface area contributed by atoms with Gasteiger partial charge in [0.25, 0.3) is 0 Å². The number of hydrogen-bond donors (Lipinski definition) is 2. The molecule has 0 aromatic heterocycles. The van der Waals surface area contributed by atoms with Crippen molar-refractivity contribution in [2.24, 2.45) is 0 Å². The highest BCUT2D eigenvalue weighted by molar-refractivity contribution is 5.61. The van der Waals surface area contributed by atoms with Gasteiger partial charge in [0, 0.05) is 6.04 Å². The molecule has 2 N–H and O–H groups in total. The lowest BCUT2D eigenvalue weighted by atomic mass is 10.1. The van der Waals surface area contributed by atoms with Crippen LogP contribution >= 0.6 is 0 Å². The Labute approximate surface area is 86.0 Å². The summed E-state index contributed by atoms with van der Waals surface area (Å²) in [7, 11) is 0. The van der Waals surface area contributed by atoms with Crippen molar-refractivity contribution in [3.63, 3.8) is 0 Å². The third kappa shape index (κ3) is 2.66. The first-order valence-electron chi connectivity index (χ1n) is 5.22. The first-order valence-corrected chi connectivity index (χ1v) is 5.22. The van der Waals surface area contributed by atoms with Crippen LogP contribution in [0.5, 0.6) is 5.75 Å². The fourth-order valence-electron chi connectivity index (χ4n) is 1.52. The van der Waals surface area contributed by atoms with Crippen LogP contribution in [0.1, 0.15) is 32.8 Å². The van der Waals surface area contributed by atoms with Crippen LogP contribution < -0.4 is 5.32 Å². The van der Waals surface area contributed by atoms with Crippen LogP contribution in [-0.4, -0.2) is 11.1 Å². The van der Waals surface area contributed by atoms with Gasteiger partial charge in [0.15, 0.2) is 0 Å². The molecule has 0 spiro atoms. The average molecular weight is 193 g/mol. The van der Waals surface area contributed by atoms with Crippen LogP contribution in [0.15, 0.2) is 18.2 Å². The van der Waals surface area contributed by atoms with E-state index in [1.54, 1.807) is 6.07 Å². The van der Waals surface area contributed by atoms with Gasteiger partial charge in [-0.25, -0.2) is 0 Å². The Morgan fingerprint density at radius 3 is 2.64 bits per heavy atom. The van der Waals surface area contributed by atoms with Gasteiger partial charge >= 0.3 is 0 Å². The highest BCUT2D eigenvalue weighted by Gasteiger charge is 2.07. The summed E-state index contributed by atoms with van der Waals surface area (Å²) in [5, 5.41) is 13.0. The van der Waals surface area contributed by atoms with Gasteiger partial charge < -0.3 is 10.4 Å². The van der Waals surface area contributed by atoms with E-state index >= 15 is 0 Å². The molecule has 2 heteroatoms. The van der Waals surface area contributed by atoms with Crippen LogP contribution in [-0.2, 0) is 6.42 Å². The predicted molar refractivity (Wildman–Crippen MR) is 60.9 cm³/mol. The molecule has 1 aromatic carbocycles. The minimum Gasteiger partial charge on any atom is -0.506 e. The zero-order valence-electron chi connectivity index (χ0n) is 9.17. The van der Waals surface area contributed by atoms with Gasteiger partial charge in [0.05, 0.1) is 5.69 Å². The number of rotatable bonds is 4. The van der Waals surface area contributed by atoms with E-state index in [2.05, 4.69) is 32.2 Å². The molecule has 0 radical (unpaired) electrons. The molecule has 0 unspecified atom stereocenters. The minimum absolute atomic E-state index is 0.346. The van der Waals surface area contributed by atoms with Gasteiger partial charge in [-0.15, -0.1) is 0 Å². The summed E-state index contributed by atoms with van der Waals surface area (Å²) in [5.41, 5.74) is 2.09. The van der Waals surface area contributed by atoms with Crippen molar-refractivity contribution in [3.8, 4) is 5.75 Å². The summed E-state index contributed by atoms with van der Waals surface area (Å²) in [5.74, 6) is 0.352. The molecule has 0 aliphatic rings. The Hall–Kier alpha value is -1.18. The second-order valence-electron chi connectivity index (χ2n) is 3.86. The van der Waals surface area contributed by atoms with Crippen molar-refractivity contribution in [2.75, 3.05) is 5.32 Å². The van der Waals surface area contributed by atoms with Crippen molar-refractivity contribution in [1.29, 1.82) is 0 Å². The van der Waals surface area contributed by atoms with E-state index in [1.807, 2.05) is 6.07 Å². The lowest BCUT2D eigenvalue weighted by molar-refractivity contribution is 0.476. The third-order valence-electron chi connectivity index (χ3n) is 2.08. The highest BCUT2D eigenvalue weighted by Crippen LogP contribution is 2.28. The standard InChI is InChI=1S/C12H19NO/c1-4-6-10-7-5-8-11(14)12(10)13-9(2)3/h5,7-9,13-14H,4,6H2,1-3H3. The third-order valence-corrected chi connectivity index (χ3v) is 2.08. The maximum Gasteiger partial charge on any atom is 0.138 e. The molecule has 0 fully saturated rings. The van der Waals surface area contributed by atoms with Crippen LogP contribution in [0.25, 0.3) is 0 Å². The van der Waals surface area contributed by atoms with Crippen LogP contribution in [0, 0.1) is 0 Å². The number of phenolic OH excluding ortho intramolecular Hbond substituents is 1. The number of benzene rings is 1. The number of para-hydroxylation sites is 1. The molecule has 14 heavy (non-hydrogen) atoms. The van der Waals surface area contributed by atoms with Gasteiger partial charge in [-0.1, -0.05) is 25.5 Å². The Bertz CT molecular complexity index is 294. The Morgan fingerprint density at radius 2 is 2.07 bits per heavy atom. The summed E-state index contributed by atoms with van der Waals surface area (Å²) >= 11 is 0. The van der Waals surface area contributed by atoms with E-state index in [0.29, 0.717) is 11.8 Å². The number of nitrogens with one attached hydrogen (secondary N) is 1. The van der Waals surface area contributed by atoms with Crippen LogP contribution in [0.3, 0.4) is 0 Å². The molecule has 0 saturated carbocycles. The predicted octanol–water partition coefficient (Wildman–Crippen LogP) is 3.17. The summed E-state index contributed by atoms with van der Waals surface area (Å²) in [4.78, 5) is 0. The summed E-state index contributed by atoms with van der Waals surface area (Å²) in [6.07, 6.45) is 2.10. The van der Waals surface area contributed by atoms with Crippen molar-refractivity contribution >= 4 is 5.69 Å². The zero-order chi connectivity index (χ0) is 10.6. The summed E-state index contributed by atoms with van der Waals surface area (Å²) in [6, 6.07) is 6.03. The monoisotopic (exact) mass is 193 g/mol. The first kappa shape index (κ1) is 10.9. The second-order valence-corrected chi connectivity index (χ2v) is 3.86. The molecule has 0 amide bonds. The van der Waals surface area contributed by atoms with E-state index in [9.17, 15) is 5.11 Å². The van der Waals surface area contributed by atoms with E-state index in [-0.39, 0.29) is 0 Å². The molecule has 0 saturated heterocycles. The SMILES string of the molecule is CCCc1cccc(O)c1NC(C)C. The Balaban J connectivity index is 2.96. The zero-order valence-corrected chi connectivity index (χ0v) is 9.17.